The molecule has 0 saturated carbocycles. The average molecular weight is 154 g/mol. The van der Waals surface area contributed by atoms with E-state index < -0.39 is 0 Å². The molecule has 1 atom stereocenters. The van der Waals surface area contributed by atoms with Gasteiger partial charge in [0.05, 0.1) is 6.10 Å². The van der Waals surface area contributed by atoms with Gasteiger partial charge in [-0.15, -0.1) is 5.73 Å². The Morgan fingerprint density at radius 3 is 2.45 bits per heavy atom. The van der Waals surface area contributed by atoms with Crippen molar-refractivity contribution in [3.05, 3.63) is 17.4 Å². The molecule has 0 aromatic heterocycles. The van der Waals surface area contributed by atoms with Crippen molar-refractivity contribution in [2.45, 2.75) is 40.2 Å². The Hall–Kier alpha value is -0.520. The second kappa shape index (κ2) is 5.17. The van der Waals surface area contributed by atoms with E-state index in [0.29, 0.717) is 0 Å². The minimum atomic E-state index is -0.350. The lowest BCUT2D eigenvalue weighted by Crippen LogP contribution is -2.09. The fourth-order valence-electron chi connectivity index (χ4n) is 0.522. The molecule has 0 aromatic rings. The summed E-state index contributed by atoms with van der Waals surface area (Å²) >= 11 is 0. The second-order valence-electron chi connectivity index (χ2n) is 3.18. The Kier molecular flexibility index (Phi) is 4.93. The van der Waals surface area contributed by atoms with Gasteiger partial charge in [-0.3, -0.25) is 0 Å². The summed E-state index contributed by atoms with van der Waals surface area (Å²) < 4.78 is 0. The molecule has 0 fully saturated rings. The minimum Gasteiger partial charge on any atom is -0.388 e. The Morgan fingerprint density at radius 2 is 2.09 bits per heavy atom. The molecule has 1 unspecified atom stereocenters. The molecule has 0 aliphatic rings. The highest BCUT2D eigenvalue weighted by molar-refractivity contribution is 4.99. The van der Waals surface area contributed by atoms with Gasteiger partial charge in [0.25, 0.3) is 0 Å². The van der Waals surface area contributed by atoms with E-state index in [1.807, 2.05) is 20.8 Å². The predicted octanol–water partition coefficient (Wildman–Crippen LogP) is 2.51. The van der Waals surface area contributed by atoms with E-state index in [-0.39, 0.29) is 12.0 Å². The Bertz CT molecular complexity index is 162. The van der Waals surface area contributed by atoms with Crippen LogP contribution in [0.1, 0.15) is 34.1 Å². The highest BCUT2D eigenvalue weighted by Gasteiger charge is 2.02. The van der Waals surface area contributed by atoms with E-state index in [1.54, 1.807) is 6.08 Å². The first kappa shape index (κ1) is 10.5. The fourth-order valence-corrected chi connectivity index (χ4v) is 0.522. The van der Waals surface area contributed by atoms with E-state index in [9.17, 15) is 5.11 Å². The van der Waals surface area contributed by atoms with Crippen LogP contribution in [0.5, 0.6) is 0 Å². The molecular formula is C10H18O. The topological polar surface area (TPSA) is 20.2 Å². The van der Waals surface area contributed by atoms with Crippen LogP contribution in [0.25, 0.3) is 0 Å². The summed E-state index contributed by atoms with van der Waals surface area (Å²) in [5.74, 6) is 0.284. The standard InChI is InChI=1S/C10H18O/c1-5-9(4)6-7-10(11)8(2)3/h7-8,10-11H,5H2,1-4H3. The SMILES string of the molecule is CCC(C)=C=CC(O)C(C)C. The van der Waals surface area contributed by atoms with Crippen molar-refractivity contribution < 1.29 is 5.11 Å². The van der Waals surface area contributed by atoms with Gasteiger partial charge in [-0.25, -0.2) is 0 Å². The second-order valence-corrected chi connectivity index (χ2v) is 3.18. The molecule has 0 aliphatic carbocycles. The summed E-state index contributed by atoms with van der Waals surface area (Å²) in [6.45, 7) is 8.08. The third-order valence-electron chi connectivity index (χ3n) is 1.71. The van der Waals surface area contributed by atoms with E-state index in [1.165, 1.54) is 5.57 Å². The lowest BCUT2D eigenvalue weighted by molar-refractivity contribution is 0.172. The van der Waals surface area contributed by atoms with Gasteiger partial charge in [0, 0.05) is 0 Å². The van der Waals surface area contributed by atoms with Crippen molar-refractivity contribution in [3.8, 4) is 0 Å². The molecule has 0 spiro atoms. The zero-order valence-electron chi connectivity index (χ0n) is 7.89. The predicted molar refractivity (Wildman–Crippen MR) is 48.4 cm³/mol. The number of aliphatic hydroxyl groups excluding tert-OH is 1. The van der Waals surface area contributed by atoms with Gasteiger partial charge in [-0.2, -0.15) is 0 Å². The van der Waals surface area contributed by atoms with E-state index >= 15 is 0 Å². The summed E-state index contributed by atoms with van der Waals surface area (Å²) in [6, 6.07) is 0. The van der Waals surface area contributed by atoms with Gasteiger partial charge < -0.3 is 5.11 Å². The maximum absolute atomic E-state index is 9.34. The molecule has 1 N–H and O–H groups in total. The molecule has 0 heterocycles. The van der Waals surface area contributed by atoms with Gasteiger partial charge in [-0.05, 0) is 30.9 Å². The molecule has 1 heteroatoms. The van der Waals surface area contributed by atoms with E-state index in [4.69, 9.17) is 0 Å². The van der Waals surface area contributed by atoms with Crippen molar-refractivity contribution in [2.24, 2.45) is 5.92 Å². The Balaban J connectivity index is 4.11. The zero-order chi connectivity index (χ0) is 8.85. The van der Waals surface area contributed by atoms with Crippen LogP contribution >= 0.6 is 0 Å². The monoisotopic (exact) mass is 154 g/mol. The number of aliphatic hydroxyl groups is 1. The average Bonchev–Trinajstić information content (AvgIpc) is 1.99. The van der Waals surface area contributed by atoms with Crippen molar-refractivity contribution in [2.75, 3.05) is 0 Å². The minimum absolute atomic E-state index is 0.284. The quantitative estimate of drug-likeness (QED) is 0.619. The largest absolute Gasteiger partial charge is 0.388 e. The number of hydrogen-bond acceptors (Lipinski definition) is 1. The van der Waals surface area contributed by atoms with Crippen LogP contribution in [0, 0.1) is 5.92 Å². The van der Waals surface area contributed by atoms with Crippen LogP contribution < -0.4 is 0 Å². The molecule has 1 nitrogen and oxygen atoms in total. The van der Waals surface area contributed by atoms with Crippen LogP contribution in [-0.4, -0.2) is 11.2 Å². The summed E-state index contributed by atoms with van der Waals surface area (Å²) in [7, 11) is 0. The van der Waals surface area contributed by atoms with Gasteiger partial charge in [-0.1, -0.05) is 20.8 Å². The lowest BCUT2D eigenvalue weighted by Gasteiger charge is -2.06. The zero-order valence-corrected chi connectivity index (χ0v) is 7.89. The van der Waals surface area contributed by atoms with Crippen LogP contribution in [0.3, 0.4) is 0 Å². The number of hydrogen-bond donors (Lipinski definition) is 1. The normalized spacial score (nSPS) is 12.5. The Morgan fingerprint density at radius 1 is 1.55 bits per heavy atom. The van der Waals surface area contributed by atoms with Crippen molar-refractivity contribution in [1.82, 2.24) is 0 Å². The molecule has 0 aromatic carbocycles. The maximum atomic E-state index is 9.34. The molecule has 64 valence electrons. The molecular weight excluding hydrogens is 136 g/mol. The van der Waals surface area contributed by atoms with Crippen molar-refractivity contribution in [3.63, 3.8) is 0 Å². The smallest absolute Gasteiger partial charge is 0.0817 e. The number of rotatable bonds is 3. The summed E-state index contributed by atoms with van der Waals surface area (Å²) in [5.41, 5.74) is 4.24. The van der Waals surface area contributed by atoms with Gasteiger partial charge in [0.1, 0.15) is 0 Å². The van der Waals surface area contributed by atoms with Crippen molar-refractivity contribution >= 4 is 0 Å². The molecule has 0 amide bonds. The third-order valence-corrected chi connectivity index (χ3v) is 1.71. The van der Waals surface area contributed by atoms with Crippen LogP contribution in [0.4, 0.5) is 0 Å². The molecule has 0 bridgehead atoms. The van der Waals surface area contributed by atoms with Crippen LogP contribution in [-0.2, 0) is 0 Å². The van der Waals surface area contributed by atoms with Crippen LogP contribution in [0.2, 0.25) is 0 Å². The van der Waals surface area contributed by atoms with Crippen LogP contribution in [0.15, 0.2) is 17.4 Å². The molecule has 0 aliphatic heterocycles. The molecule has 0 radical (unpaired) electrons. The first-order valence-corrected chi connectivity index (χ1v) is 4.18. The molecule has 11 heavy (non-hydrogen) atoms. The summed E-state index contributed by atoms with van der Waals surface area (Å²) in [6.07, 6.45) is 2.39. The maximum Gasteiger partial charge on any atom is 0.0817 e. The van der Waals surface area contributed by atoms with Gasteiger partial charge >= 0.3 is 0 Å². The lowest BCUT2D eigenvalue weighted by atomic mass is 10.1. The third kappa shape index (κ3) is 4.83. The summed E-state index contributed by atoms with van der Waals surface area (Å²) in [5, 5.41) is 9.34. The first-order valence-electron chi connectivity index (χ1n) is 4.18. The van der Waals surface area contributed by atoms with E-state index in [2.05, 4.69) is 12.7 Å². The van der Waals surface area contributed by atoms with Gasteiger partial charge in [0.2, 0.25) is 0 Å². The molecule has 0 saturated heterocycles. The highest BCUT2D eigenvalue weighted by atomic mass is 16.3. The molecule has 0 rings (SSSR count). The fraction of sp³-hybridized carbons (Fsp3) is 0.700. The highest BCUT2D eigenvalue weighted by Crippen LogP contribution is 2.02. The summed E-state index contributed by atoms with van der Waals surface area (Å²) in [4.78, 5) is 0. The van der Waals surface area contributed by atoms with Gasteiger partial charge in [0.15, 0.2) is 0 Å². The van der Waals surface area contributed by atoms with E-state index in [0.717, 1.165) is 6.42 Å². The van der Waals surface area contributed by atoms with Crippen molar-refractivity contribution in [1.29, 1.82) is 0 Å². The Labute approximate surface area is 69.4 Å². The first-order chi connectivity index (χ1) is 5.07.